The highest BCUT2D eigenvalue weighted by Crippen LogP contribution is 2.30. The highest BCUT2D eigenvalue weighted by molar-refractivity contribution is 6.14. The molecule has 3 rings (SSSR count). The molecule has 0 atom stereocenters. The van der Waals surface area contributed by atoms with E-state index in [9.17, 15) is 15.0 Å². The van der Waals surface area contributed by atoms with Crippen LogP contribution in [0, 0.1) is 0 Å². The summed E-state index contributed by atoms with van der Waals surface area (Å²) in [5.41, 5.74) is 6.52. The number of carbonyl (C=O) groups is 1. The van der Waals surface area contributed by atoms with Gasteiger partial charge in [-0.15, -0.1) is 0 Å². The maximum Gasteiger partial charge on any atom is 0.187 e. The quantitative estimate of drug-likeness (QED) is 0.401. The van der Waals surface area contributed by atoms with E-state index in [-0.39, 0.29) is 5.78 Å². The van der Waals surface area contributed by atoms with Crippen LogP contribution in [0.3, 0.4) is 0 Å². The smallest absolute Gasteiger partial charge is 0.187 e. The third-order valence-corrected chi connectivity index (χ3v) is 6.42. The standard InChI is InChI=1S/C31H45N5O3/c1-33(2)17-25-11-21(12-26(30(25)38)18-34(3)4)9-23-15-32-16-24(29(23)37)10-22-13-27(19-35(5)6)31(39)28(14-22)20-36(7)8/h9-14,32,38-39H,15-20H2,1-8H3. The fourth-order valence-electron chi connectivity index (χ4n) is 4.92. The highest BCUT2D eigenvalue weighted by Gasteiger charge is 2.22. The van der Waals surface area contributed by atoms with Crippen LogP contribution in [-0.4, -0.2) is 105 Å². The molecule has 0 aromatic heterocycles. The number of phenols is 2. The lowest BCUT2D eigenvalue weighted by atomic mass is 9.93. The molecule has 212 valence electrons. The molecule has 39 heavy (non-hydrogen) atoms. The van der Waals surface area contributed by atoms with Crippen molar-refractivity contribution in [3.63, 3.8) is 0 Å². The van der Waals surface area contributed by atoms with Crippen LogP contribution in [0.5, 0.6) is 11.5 Å². The van der Waals surface area contributed by atoms with Gasteiger partial charge in [-0.25, -0.2) is 0 Å². The fraction of sp³-hybridized carbons (Fsp3) is 0.452. The SMILES string of the molecule is CN(C)Cc1cc(C=C2CNCC(=Cc3cc(CN(C)C)c(O)c(CN(C)C)c3)C2=O)cc(CN(C)C)c1O. The molecule has 8 heteroatoms. The molecular formula is C31H45N5O3. The number of Topliss-reactive ketones (excluding diaryl/α,β-unsaturated/α-hetero) is 1. The van der Waals surface area contributed by atoms with Crippen LogP contribution in [0.2, 0.25) is 0 Å². The number of nitrogens with zero attached hydrogens (tertiary/aromatic N) is 4. The van der Waals surface area contributed by atoms with E-state index in [1.165, 1.54) is 0 Å². The predicted molar refractivity (Wildman–Crippen MR) is 160 cm³/mol. The van der Waals surface area contributed by atoms with Crippen LogP contribution in [0.1, 0.15) is 33.4 Å². The summed E-state index contributed by atoms with van der Waals surface area (Å²) in [6.45, 7) is 3.38. The molecule has 0 amide bonds. The zero-order valence-electron chi connectivity index (χ0n) is 24.8. The number of piperidine rings is 1. The third-order valence-electron chi connectivity index (χ3n) is 6.42. The molecule has 0 spiro atoms. The molecule has 0 saturated carbocycles. The summed E-state index contributed by atoms with van der Waals surface area (Å²) in [7, 11) is 15.8. The molecule has 0 bridgehead atoms. The summed E-state index contributed by atoms with van der Waals surface area (Å²) in [6.07, 6.45) is 3.87. The number of phenolic OH excluding ortho intramolecular Hbond substituents is 2. The molecule has 0 aliphatic carbocycles. The van der Waals surface area contributed by atoms with Gasteiger partial charge in [0.05, 0.1) is 0 Å². The minimum absolute atomic E-state index is 0.0153. The zero-order chi connectivity index (χ0) is 28.9. The van der Waals surface area contributed by atoms with Gasteiger partial charge in [0.1, 0.15) is 11.5 Å². The third kappa shape index (κ3) is 8.49. The van der Waals surface area contributed by atoms with Gasteiger partial charge in [0.2, 0.25) is 0 Å². The van der Waals surface area contributed by atoms with Gasteiger partial charge < -0.3 is 35.1 Å². The van der Waals surface area contributed by atoms with E-state index in [4.69, 9.17) is 0 Å². The van der Waals surface area contributed by atoms with E-state index in [0.717, 1.165) is 33.4 Å². The lowest BCUT2D eigenvalue weighted by Crippen LogP contribution is -2.32. The summed E-state index contributed by atoms with van der Waals surface area (Å²) in [5.74, 6) is 0.631. The van der Waals surface area contributed by atoms with E-state index >= 15 is 0 Å². The average molecular weight is 536 g/mol. The molecule has 1 saturated heterocycles. The van der Waals surface area contributed by atoms with E-state index in [2.05, 4.69) is 5.32 Å². The van der Waals surface area contributed by atoms with E-state index in [0.29, 0.717) is 61.9 Å². The maximum absolute atomic E-state index is 13.6. The number of aromatic hydroxyl groups is 2. The lowest BCUT2D eigenvalue weighted by Gasteiger charge is -2.21. The first-order valence-electron chi connectivity index (χ1n) is 13.3. The van der Waals surface area contributed by atoms with Crippen molar-refractivity contribution < 1.29 is 15.0 Å². The Morgan fingerprint density at radius 1 is 0.615 bits per heavy atom. The Balaban J connectivity index is 2.00. The van der Waals surface area contributed by atoms with Crippen molar-refractivity contribution in [1.29, 1.82) is 0 Å². The fourth-order valence-corrected chi connectivity index (χ4v) is 4.92. The number of ketones is 1. The largest absolute Gasteiger partial charge is 0.507 e. The molecule has 8 nitrogen and oxygen atoms in total. The zero-order valence-corrected chi connectivity index (χ0v) is 24.8. The summed E-state index contributed by atoms with van der Waals surface area (Å²) in [6, 6.07) is 7.86. The van der Waals surface area contributed by atoms with Crippen LogP contribution in [0.4, 0.5) is 0 Å². The second kappa shape index (κ2) is 13.4. The van der Waals surface area contributed by atoms with Gasteiger partial charge in [-0.05, 0) is 104 Å². The van der Waals surface area contributed by atoms with E-state index < -0.39 is 0 Å². The number of carbonyl (C=O) groups excluding carboxylic acids is 1. The topological polar surface area (TPSA) is 82.5 Å². The molecule has 2 aromatic carbocycles. The first-order valence-corrected chi connectivity index (χ1v) is 13.3. The molecule has 1 fully saturated rings. The Morgan fingerprint density at radius 3 is 1.15 bits per heavy atom. The normalized spacial score (nSPS) is 16.6. The Bertz CT molecular complexity index is 1090. The summed E-state index contributed by atoms with van der Waals surface area (Å²) in [5, 5.41) is 25.1. The van der Waals surface area contributed by atoms with Crippen molar-refractivity contribution in [2.75, 3.05) is 69.5 Å². The Morgan fingerprint density at radius 2 is 0.897 bits per heavy atom. The van der Waals surface area contributed by atoms with Crippen molar-refractivity contribution in [1.82, 2.24) is 24.9 Å². The van der Waals surface area contributed by atoms with Gasteiger partial charge >= 0.3 is 0 Å². The number of hydrogen-bond acceptors (Lipinski definition) is 8. The van der Waals surface area contributed by atoms with Crippen LogP contribution < -0.4 is 5.32 Å². The monoisotopic (exact) mass is 535 g/mol. The number of hydrogen-bond donors (Lipinski definition) is 3. The number of benzene rings is 2. The van der Waals surface area contributed by atoms with Crippen LogP contribution in [0.25, 0.3) is 12.2 Å². The van der Waals surface area contributed by atoms with Crippen molar-refractivity contribution in [2.24, 2.45) is 0 Å². The highest BCUT2D eigenvalue weighted by atomic mass is 16.3. The number of nitrogens with one attached hydrogen (secondary N) is 1. The van der Waals surface area contributed by atoms with Gasteiger partial charge in [0, 0.05) is 72.7 Å². The van der Waals surface area contributed by atoms with Crippen molar-refractivity contribution in [3.05, 3.63) is 68.8 Å². The molecule has 3 N–H and O–H groups in total. The molecule has 1 heterocycles. The molecule has 1 aliphatic heterocycles. The van der Waals surface area contributed by atoms with Crippen molar-refractivity contribution in [2.45, 2.75) is 26.2 Å². The minimum atomic E-state index is 0.0153. The minimum Gasteiger partial charge on any atom is -0.507 e. The Labute approximate surface area is 233 Å². The van der Waals surface area contributed by atoms with Crippen molar-refractivity contribution >= 4 is 17.9 Å². The second-order valence-corrected chi connectivity index (χ2v) is 11.6. The Kier molecular flexibility index (Phi) is 10.5. The summed E-state index contributed by atoms with van der Waals surface area (Å²) >= 11 is 0. The van der Waals surface area contributed by atoms with Gasteiger partial charge in [0.15, 0.2) is 5.78 Å². The van der Waals surface area contributed by atoms with Gasteiger partial charge in [-0.2, -0.15) is 0 Å². The molecule has 0 radical (unpaired) electrons. The summed E-state index contributed by atoms with van der Waals surface area (Å²) in [4.78, 5) is 21.7. The number of rotatable bonds is 10. The van der Waals surface area contributed by atoms with Gasteiger partial charge in [-0.3, -0.25) is 4.79 Å². The van der Waals surface area contributed by atoms with Crippen LogP contribution in [0.15, 0.2) is 35.4 Å². The summed E-state index contributed by atoms with van der Waals surface area (Å²) < 4.78 is 0. The average Bonchev–Trinajstić information content (AvgIpc) is 2.81. The Hall–Kier alpha value is -3.01. The van der Waals surface area contributed by atoms with Crippen LogP contribution >= 0.6 is 0 Å². The van der Waals surface area contributed by atoms with E-state index in [1.54, 1.807) is 0 Å². The van der Waals surface area contributed by atoms with E-state index in [1.807, 2.05) is 112 Å². The second-order valence-electron chi connectivity index (χ2n) is 11.6. The van der Waals surface area contributed by atoms with Crippen molar-refractivity contribution in [3.8, 4) is 11.5 Å². The first kappa shape index (κ1) is 30.5. The first-order chi connectivity index (χ1) is 18.3. The van der Waals surface area contributed by atoms with Gasteiger partial charge in [-0.1, -0.05) is 0 Å². The molecule has 1 aliphatic rings. The lowest BCUT2D eigenvalue weighted by molar-refractivity contribution is -0.112. The van der Waals surface area contributed by atoms with Gasteiger partial charge in [0.25, 0.3) is 0 Å². The van der Waals surface area contributed by atoms with Crippen LogP contribution in [-0.2, 0) is 31.0 Å². The predicted octanol–water partition coefficient (Wildman–Crippen LogP) is 2.98. The molecule has 2 aromatic rings. The molecule has 0 unspecified atom stereocenters. The maximum atomic E-state index is 13.6. The molecular weight excluding hydrogens is 490 g/mol.